The van der Waals surface area contributed by atoms with Gasteiger partial charge in [-0.05, 0) is 25.1 Å². The second kappa shape index (κ2) is 5.96. The average Bonchev–Trinajstić information content (AvgIpc) is 2.27. The smallest absolute Gasteiger partial charge is 0.351 e. The number of nitrogens with one attached hydrogen (secondary N) is 1. The molecule has 0 fully saturated rings. The molecule has 0 bridgehead atoms. The van der Waals surface area contributed by atoms with Gasteiger partial charge >= 0.3 is 12.2 Å². The molecule has 1 aromatic rings. The standard InChI is InChI=1S/C11H11F3N2O2S/c1-6(9(17)16-10(15)18)19-8-4-2-3-7(5-8)11(12,13)14/h2-6H,1H3,(H3,15,16,17,18)/t6-/m1/s1. The zero-order chi connectivity index (χ0) is 14.6. The van der Waals surface area contributed by atoms with E-state index in [0.717, 1.165) is 23.9 Å². The van der Waals surface area contributed by atoms with E-state index in [0.29, 0.717) is 0 Å². The van der Waals surface area contributed by atoms with Crippen molar-refractivity contribution in [3.8, 4) is 0 Å². The topological polar surface area (TPSA) is 72.2 Å². The number of nitrogens with two attached hydrogens (primary N) is 1. The molecular formula is C11H11F3N2O2S. The molecule has 0 aliphatic rings. The largest absolute Gasteiger partial charge is 0.416 e. The Kier molecular flexibility index (Phi) is 4.82. The van der Waals surface area contributed by atoms with Gasteiger partial charge in [-0.2, -0.15) is 13.2 Å². The molecule has 0 aromatic heterocycles. The molecule has 3 N–H and O–H groups in total. The van der Waals surface area contributed by atoms with Gasteiger partial charge in [0, 0.05) is 4.90 Å². The number of alkyl halides is 3. The van der Waals surface area contributed by atoms with Crippen molar-refractivity contribution >= 4 is 23.7 Å². The molecule has 8 heteroatoms. The van der Waals surface area contributed by atoms with Crippen molar-refractivity contribution in [1.82, 2.24) is 5.32 Å². The van der Waals surface area contributed by atoms with E-state index in [-0.39, 0.29) is 4.90 Å². The highest BCUT2D eigenvalue weighted by Crippen LogP contribution is 2.32. The third kappa shape index (κ3) is 4.82. The van der Waals surface area contributed by atoms with Crippen molar-refractivity contribution in [2.75, 3.05) is 0 Å². The highest BCUT2D eigenvalue weighted by Gasteiger charge is 2.30. The number of carbonyl (C=O) groups excluding carboxylic acids is 2. The van der Waals surface area contributed by atoms with Gasteiger partial charge < -0.3 is 5.73 Å². The van der Waals surface area contributed by atoms with Crippen LogP contribution in [-0.2, 0) is 11.0 Å². The van der Waals surface area contributed by atoms with E-state index in [1.807, 2.05) is 5.32 Å². The third-order valence-corrected chi connectivity index (χ3v) is 3.18. The second-order valence-corrected chi connectivity index (χ2v) is 5.05. The van der Waals surface area contributed by atoms with Crippen molar-refractivity contribution in [3.05, 3.63) is 29.8 Å². The number of rotatable bonds is 3. The Hall–Kier alpha value is -1.70. The minimum atomic E-state index is -4.44. The van der Waals surface area contributed by atoms with Gasteiger partial charge in [-0.25, -0.2) is 4.79 Å². The summed E-state index contributed by atoms with van der Waals surface area (Å²) in [7, 11) is 0. The predicted molar refractivity (Wildman–Crippen MR) is 64.5 cm³/mol. The van der Waals surface area contributed by atoms with Crippen molar-refractivity contribution in [2.24, 2.45) is 5.73 Å². The highest BCUT2D eigenvalue weighted by atomic mass is 32.2. The molecule has 19 heavy (non-hydrogen) atoms. The molecule has 0 saturated heterocycles. The molecule has 0 radical (unpaired) electrons. The third-order valence-electron chi connectivity index (χ3n) is 2.09. The molecular weight excluding hydrogens is 281 g/mol. The van der Waals surface area contributed by atoms with Crippen molar-refractivity contribution in [2.45, 2.75) is 23.2 Å². The summed E-state index contributed by atoms with van der Waals surface area (Å²) < 4.78 is 37.5. The normalized spacial score (nSPS) is 12.8. The van der Waals surface area contributed by atoms with Gasteiger partial charge in [0.1, 0.15) is 0 Å². The molecule has 0 spiro atoms. The fourth-order valence-electron chi connectivity index (χ4n) is 1.23. The molecule has 1 rings (SSSR count). The average molecular weight is 292 g/mol. The van der Waals surface area contributed by atoms with Crippen LogP contribution >= 0.6 is 11.8 Å². The summed E-state index contributed by atoms with van der Waals surface area (Å²) in [4.78, 5) is 22.1. The van der Waals surface area contributed by atoms with E-state index in [1.54, 1.807) is 0 Å². The van der Waals surface area contributed by atoms with Crippen LogP contribution in [-0.4, -0.2) is 17.2 Å². The van der Waals surface area contributed by atoms with Gasteiger partial charge in [-0.15, -0.1) is 11.8 Å². The number of amides is 3. The zero-order valence-electron chi connectivity index (χ0n) is 9.82. The van der Waals surface area contributed by atoms with Crippen LogP contribution in [0.25, 0.3) is 0 Å². The Morgan fingerprint density at radius 2 is 2.00 bits per heavy atom. The molecule has 0 saturated carbocycles. The van der Waals surface area contributed by atoms with Gasteiger partial charge in [0.2, 0.25) is 5.91 Å². The summed E-state index contributed by atoms with van der Waals surface area (Å²) in [5.41, 5.74) is 3.99. The quantitative estimate of drug-likeness (QED) is 0.840. The maximum atomic E-state index is 12.5. The number of urea groups is 1. The van der Waals surface area contributed by atoms with Crippen LogP contribution in [0.4, 0.5) is 18.0 Å². The maximum Gasteiger partial charge on any atom is 0.416 e. The van der Waals surface area contributed by atoms with E-state index >= 15 is 0 Å². The van der Waals surface area contributed by atoms with Gasteiger partial charge in [-0.1, -0.05) is 6.07 Å². The van der Waals surface area contributed by atoms with Gasteiger partial charge in [-0.3, -0.25) is 10.1 Å². The maximum absolute atomic E-state index is 12.5. The number of benzene rings is 1. The molecule has 4 nitrogen and oxygen atoms in total. The van der Waals surface area contributed by atoms with Gasteiger partial charge in [0.25, 0.3) is 0 Å². The lowest BCUT2D eigenvalue weighted by molar-refractivity contribution is -0.137. The first-order valence-corrected chi connectivity index (χ1v) is 6.02. The Morgan fingerprint density at radius 1 is 1.37 bits per heavy atom. The molecule has 0 aliphatic carbocycles. The van der Waals surface area contributed by atoms with Crippen molar-refractivity contribution in [1.29, 1.82) is 0 Å². The zero-order valence-corrected chi connectivity index (χ0v) is 10.6. The van der Waals surface area contributed by atoms with Crippen LogP contribution in [0.5, 0.6) is 0 Å². The minimum Gasteiger partial charge on any atom is -0.351 e. The number of hydrogen-bond acceptors (Lipinski definition) is 3. The van der Waals surface area contributed by atoms with Crippen LogP contribution in [0.1, 0.15) is 12.5 Å². The van der Waals surface area contributed by atoms with Gasteiger partial charge in [0.05, 0.1) is 10.8 Å². The molecule has 1 atom stereocenters. The number of imide groups is 1. The summed E-state index contributed by atoms with van der Waals surface area (Å²) in [6.45, 7) is 1.46. The Bertz CT molecular complexity index is 491. The number of halogens is 3. The first-order chi connectivity index (χ1) is 8.70. The Labute approximate surface area is 111 Å². The number of hydrogen-bond donors (Lipinski definition) is 2. The Balaban J connectivity index is 2.77. The summed E-state index contributed by atoms with van der Waals surface area (Å²) in [5, 5.41) is 1.12. The summed E-state index contributed by atoms with van der Waals surface area (Å²) in [5.74, 6) is -0.657. The fourth-order valence-corrected chi connectivity index (χ4v) is 2.15. The molecule has 0 unspecified atom stereocenters. The van der Waals surface area contributed by atoms with Crippen LogP contribution < -0.4 is 11.1 Å². The van der Waals surface area contributed by atoms with E-state index in [1.165, 1.54) is 19.1 Å². The molecule has 0 heterocycles. The van der Waals surface area contributed by atoms with Crippen LogP contribution in [0.15, 0.2) is 29.2 Å². The first-order valence-electron chi connectivity index (χ1n) is 5.14. The molecule has 3 amide bonds. The lowest BCUT2D eigenvalue weighted by Gasteiger charge is -2.12. The van der Waals surface area contributed by atoms with Gasteiger partial charge in [0.15, 0.2) is 0 Å². The molecule has 1 aromatic carbocycles. The number of thioether (sulfide) groups is 1. The van der Waals surface area contributed by atoms with Crippen LogP contribution in [0, 0.1) is 0 Å². The lowest BCUT2D eigenvalue weighted by Crippen LogP contribution is -2.39. The van der Waals surface area contributed by atoms with E-state index in [9.17, 15) is 22.8 Å². The predicted octanol–water partition coefficient (Wildman–Crippen LogP) is 2.38. The minimum absolute atomic E-state index is 0.280. The number of primary amides is 1. The monoisotopic (exact) mass is 292 g/mol. The summed E-state index contributed by atoms with van der Waals surface area (Å²) >= 11 is 0.904. The van der Waals surface area contributed by atoms with Crippen LogP contribution in [0.3, 0.4) is 0 Å². The summed E-state index contributed by atoms with van der Waals surface area (Å²) in [6, 6.07) is 3.59. The molecule has 0 aliphatic heterocycles. The fraction of sp³-hybridized carbons (Fsp3) is 0.273. The Morgan fingerprint density at radius 3 is 2.53 bits per heavy atom. The highest BCUT2D eigenvalue weighted by molar-refractivity contribution is 8.00. The van der Waals surface area contributed by atoms with Crippen molar-refractivity contribution in [3.63, 3.8) is 0 Å². The van der Waals surface area contributed by atoms with Crippen LogP contribution in [0.2, 0.25) is 0 Å². The molecule has 104 valence electrons. The van der Waals surface area contributed by atoms with E-state index < -0.39 is 28.9 Å². The number of carbonyl (C=O) groups is 2. The second-order valence-electron chi connectivity index (χ2n) is 3.64. The van der Waals surface area contributed by atoms with Crippen molar-refractivity contribution < 1.29 is 22.8 Å². The van der Waals surface area contributed by atoms with E-state index in [2.05, 4.69) is 0 Å². The van der Waals surface area contributed by atoms with E-state index in [4.69, 9.17) is 5.73 Å². The first kappa shape index (κ1) is 15.4. The summed E-state index contributed by atoms with van der Waals surface area (Å²) in [6.07, 6.45) is -4.44. The lowest BCUT2D eigenvalue weighted by atomic mass is 10.2. The SMILES string of the molecule is C[C@@H](Sc1cccc(C(F)(F)F)c1)C(=O)NC(N)=O.